The van der Waals surface area contributed by atoms with Gasteiger partial charge in [-0.25, -0.2) is 0 Å². The predicted molar refractivity (Wildman–Crippen MR) is 39.3 cm³/mol. The summed E-state index contributed by atoms with van der Waals surface area (Å²) in [4.78, 5) is 10.9. The van der Waals surface area contributed by atoms with Crippen LogP contribution in [0.1, 0.15) is 27.2 Å². The van der Waals surface area contributed by atoms with Gasteiger partial charge in [-0.1, -0.05) is 19.9 Å². The molecule has 0 saturated heterocycles. The van der Waals surface area contributed by atoms with Gasteiger partial charge in [0.15, 0.2) is 5.78 Å². The normalized spacial score (nSPS) is 14.1. The molecule has 0 N–H and O–H groups in total. The summed E-state index contributed by atoms with van der Waals surface area (Å²) in [5.41, 5.74) is 0. The molecule has 1 atom stereocenters. The lowest BCUT2D eigenvalue weighted by molar-refractivity contribution is -0.117. The summed E-state index contributed by atoms with van der Waals surface area (Å²) >= 11 is 0. The van der Waals surface area contributed by atoms with Crippen LogP contribution in [0.2, 0.25) is 0 Å². The van der Waals surface area contributed by atoms with Crippen LogP contribution in [0, 0.1) is 5.92 Å². The van der Waals surface area contributed by atoms with E-state index in [1.54, 1.807) is 12.2 Å². The molecule has 0 aliphatic rings. The first-order chi connectivity index (χ1) is 4.22. The van der Waals surface area contributed by atoms with Crippen molar-refractivity contribution in [2.75, 3.05) is 0 Å². The highest BCUT2D eigenvalue weighted by molar-refractivity contribution is 5.91. The zero-order valence-electron chi connectivity index (χ0n) is 6.35. The van der Waals surface area contributed by atoms with Gasteiger partial charge in [-0.15, -0.1) is 0 Å². The highest BCUT2D eigenvalue weighted by atomic mass is 16.1. The Hall–Kier alpha value is -0.590. The molecule has 0 aromatic carbocycles. The van der Waals surface area contributed by atoms with Gasteiger partial charge in [0, 0.05) is 5.92 Å². The highest BCUT2D eigenvalue weighted by Gasteiger charge is 2.04. The Morgan fingerprint density at radius 1 is 1.67 bits per heavy atom. The van der Waals surface area contributed by atoms with Crippen molar-refractivity contribution < 1.29 is 4.79 Å². The van der Waals surface area contributed by atoms with E-state index in [1.165, 1.54) is 0 Å². The summed E-state index contributed by atoms with van der Waals surface area (Å²) in [6, 6.07) is 0. The van der Waals surface area contributed by atoms with Crippen molar-refractivity contribution in [2.24, 2.45) is 5.92 Å². The third-order valence-corrected chi connectivity index (χ3v) is 1.43. The van der Waals surface area contributed by atoms with Crippen molar-refractivity contribution in [1.29, 1.82) is 0 Å². The van der Waals surface area contributed by atoms with Crippen LogP contribution < -0.4 is 0 Å². The van der Waals surface area contributed by atoms with Gasteiger partial charge in [-0.3, -0.25) is 4.79 Å². The number of ketones is 1. The van der Waals surface area contributed by atoms with Gasteiger partial charge in [0.05, 0.1) is 0 Å². The van der Waals surface area contributed by atoms with E-state index in [1.807, 2.05) is 20.8 Å². The van der Waals surface area contributed by atoms with Crippen molar-refractivity contribution in [2.45, 2.75) is 27.2 Å². The summed E-state index contributed by atoms with van der Waals surface area (Å²) in [6.45, 7) is 5.83. The van der Waals surface area contributed by atoms with Gasteiger partial charge in [0.1, 0.15) is 0 Å². The highest BCUT2D eigenvalue weighted by Crippen LogP contribution is 2.01. The lowest BCUT2D eigenvalue weighted by Gasteiger charge is -2.00. The Morgan fingerprint density at radius 2 is 2.22 bits per heavy atom. The smallest absolute Gasteiger partial charge is 0.158 e. The lowest BCUT2D eigenvalue weighted by atomic mass is 10.0. The Bertz CT molecular complexity index is 114. The van der Waals surface area contributed by atoms with E-state index in [2.05, 4.69) is 0 Å². The molecule has 0 amide bonds. The summed E-state index contributed by atoms with van der Waals surface area (Å²) in [7, 11) is 0. The maximum Gasteiger partial charge on any atom is 0.158 e. The van der Waals surface area contributed by atoms with Crippen molar-refractivity contribution in [3.05, 3.63) is 12.2 Å². The van der Waals surface area contributed by atoms with Crippen LogP contribution in [0.3, 0.4) is 0 Å². The van der Waals surface area contributed by atoms with Gasteiger partial charge in [-0.05, 0) is 19.4 Å². The van der Waals surface area contributed by atoms with Gasteiger partial charge in [0.25, 0.3) is 0 Å². The Kier molecular flexibility index (Phi) is 4.02. The molecular formula is C8H14O. The number of hydrogen-bond donors (Lipinski definition) is 0. The number of carbonyl (C=O) groups is 1. The van der Waals surface area contributed by atoms with Gasteiger partial charge in [0.2, 0.25) is 0 Å². The third kappa shape index (κ3) is 3.07. The molecule has 0 spiro atoms. The second-order valence-corrected chi connectivity index (χ2v) is 2.21. The summed E-state index contributed by atoms with van der Waals surface area (Å²) in [6.07, 6.45) is 4.35. The fourth-order valence-corrected chi connectivity index (χ4v) is 0.530. The predicted octanol–water partition coefficient (Wildman–Crippen LogP) is 2.18. The molecule has 0 radical (unpaired) electrons. The molecule has 0 fully saturated rings. The van der Waals surface area contributed by atoms with E-state index < -0.39 is 0 Å². The minimum absolute atomic E-state index is 0.196. The van der Waals surface area contributed by atoms with Crippen LogP contribution in [0.5, 0.6) is 0 Å². The number of hydrogen-bond acceptors (Lipinski definition) is 1. The molecule has 0 bridgehead atoms. The molecule has 1 nitrogen and oxygen atoms in total. The van der Waals surface area contributed by atoms with E-state index in [9.17, 15) is 4.79 Å². The monoisotopic (exact) mass is 126 g/mol. The molecule has 0 saturated carbocycles. The second kappa shape index (κ2) is 4.30. The molecule has 0 aromatic rings. The van der Waals surface area contributed by atoms with E-state index >= 15 is 0 Å². The van der Waals surface area contributed by atoms with Crippen LogP contribution in [0.4, 0.5) is 0 Å². The van der Waals surface area contributed by atoms with Crippen molar-refractivity contribution in [3.8, 4) is 0 Å². The van der Waals surface area contributed by atoms with Crippen molar-refractivity contribution in [1.82, 2.24) is 0 Å². The van der Waals surface area contributed by atoms with E-state index in [0.717, 1.165) is 6.42 Å². The quantitative estimate of drug-likeness (QED) is 0.530. The fourth-order valence-electron chi connectivity index (χ4n) is 0.530. The van der Waals surface area contributed by atoms with Crippen LogP contribution in [-0.4, -0.2) is 5.78 Å². The Labute approximate surface area is 56.8 Å². The number of rotatable bonds is 3. The molecule has 9 heavy (non-hydrogen) atoms. The lowest BCUT2D eigenvalue weighted by Crippen LogP contribution is -2.05. The molecule has 0 aliphatic heterocycles. The van der Waals surface area contributed by atoms with Crippen molar-refractivity contribution >= 4 is 5.78 Å². The van der Waals surface area contributed by atoms with Gasteiger partial charge < -0.3 is 0 Å². The molecule has 0 heterocycles. The third-order valence-electron chi connectivity index (χ3n) is 1.43. The molecule has 0 aliphatic carbocycles. The van der Waals surface area contributed by atoms with Crippen molar-refractivity contribution in [3.63, 3.8) is 0 Å². The van der Waals surface area contributed by atoms with E-state index in [0.29, 0.717) is 0 Å². The first-order valence-corrected chi connectivity index (χ1v) is 3.38. The summed E-state index contributed by atoms with van der Waals surface area (Å²) in [5, 5.41) is 0. The molecule has 0 unspecified atom stereocenters. The first-order valence-electron chi connectivity index (χ1n) is 3.38. The van der Waals surface area contributed by atoms with E-state index in [-0.39, 0.29) is 11.7 Å². The maximum atomic E-state index is 10.9. The maximum absolute atomic E-state index is 10.9. The average Bonchev–Trinajstić information content (AvgIpc) is 1.87. The number of allylic oxidation sites excluding steroid dienone is 2. The molecular weight excluding hydrogens is 112 g/mol. The SMILES string of the molecule is CC=CC(=O)[C@@H](C)CC. The summed E-state index contributed by atoms with van der Waals surface area (Å²) in [5.74, 6) is 0.432. The molecule has 52 valence electrons. The van der Waals surface area contributed by atoms with Crippen LogP contribution in [-0.2, 0) is 4.79 Å². The van der Waals surface area contributed by atoms with E-state index in [4.69, 9.17) is 0 Å². The minimum Gasteiger partial charge on any atom is -0.295 e. The molecule has 1 heteroatoms. The zero-order valence-corrected chi connectivity index (χ0v) is 6.35. The first kappa shape index (κ1) is 8.41. The standard InChI is InChI=1S/C8H14O/c1-4-6-8(9)7(3)5-2/h4,6-7H,5H2,1-3H3/t7-/m0/s1. The molecule has 0 rings (SSSR count). The van der Waals surface area contributed by atoms with Gasteiger partial charge >= 0.3 is 0 Å². The zero-order chi connectivity index (χ0) is 7.28. The fraction of sp³-hybridized carbons (Fsp3) is 0.625. The topological polar surface area (TPSA) is 17.1 Å². The van der Waals surface area contributed by atoms with Crippen LogP contribution in [0.15, 0.2) is 12.2 Å². The average molecular weight is 126 g/mol. The van der Waals surface area contributed by atoms with Crippen LogP contribution >= 0.6 is 0 Å². The largest absolute Gasteiger partial charge is 0.295 e. The second-order valence-electron chi connectivity index (χ2n) is 2.21. The van der Waals surface area contributed by atoms with Gasteiger partial charge in [-0.2, -0.15) is 0 Å². The molecule has 0 aromatic heterocycles. The summed E-state index contributed by atoms with van der Waals surface area (Å²) < 4.78 is 0. The Balaban J connectivity index is 3.73. The van der Waals surface area contributed by atoms with Crippen LogP contribution in [0.25, 0.3) is 0 Å². The Morgan fingerprint density at radius 3 is 2.56 bits per heavy atom. The number of carbonyl (C=O) groups excluding carboxylic acids is 1. The minimum atomic E-state index is 0.196.